The van der Waals surface area contributed by atoms with Gasteiger partial charge in [-0.25, -0.2) is 0 Å². The Morgan fingerprint density at radius 1 is 0.958 bits per heavy atom. The summed E-state index contributed by atoms with van der Waals surface area (Å²) in [6.07, 6.45) is 3.66. The number of nitrogens with two attached hydrogens (primary N) is 1. The number of carbonyl (C=O) groups is 2. The minimum Gasteiger partial charge on any atom is -0.341 e. The smallest absolute Gasteiger partial charge is 0.253 e. The minimum absolute atomic E-state index is 0.00136. The van der Waals surface area contributed by atoms with Crippen molar-refractivity contribution in [3.63, 3.8) is 0 Å². The van der Waals surface area contributed by atoms with Crippen molar-refractivity contribution >= 4 is 23.4 Å². The van der Waals surface area contributed by atoms with Crippen LogP contribution in [-0.2, 0) is 4.79 Å². The summed E-state index contributed by atoms with van der Waals surface area (Å²) in [4.78, 5) is 29.0. The van der Waals surface area contributed by atoms with Crippen LogP contribution in [0.5, 0.6) is 0 Å². The molecule has 2 amide bonds. The van der Waals surface area contributed by atoms with Crippen molar-refractivity contribution in [3.05, 3.63) is 34.9 Å². The normalized spacial score (nSPS) is 24.8. The van der Waals surface area contributed by atoms with Crippen LogP contribution < -0.4 is 5.73 Å². The van der Waals surface area contributed by atoms with Crippen LogP contribution in [0.3, 0.4) is 0 Å². The van der Waals surface area contributed by atoms with Crippen molar-refractivity contribution in [1.29, 1.82) is 0 Å². The second kappa shape index (κ2) is 7.53. The Balaban J connectivity index is 1.61. The van der Waals surface area contributed by atoms with E-state index in [0.717, 1.165) is 25.7 Å². The largest absolute Gasteiger partial charge is 0.341 e. The van der Waals surface area contributed by atoms with Crippen LogP contribution in [0.1, 0.15) is 36.0 Å². The van der Waals surface area contributed by atoms with Crippen molar-refractivity contribution in [2.45, 2.75) is 31.7 Å². The number of amides is 2. The summed E-state index contributed by atoms with van der Waals surface area (Å²) < 4.78 is 0. The van der Waals surface area contributed by atoms with Crippen molar-refractivity contribution in [2.24, 2.45) is 11.7 Å². The Labute approximate surface area is 147 Å². The fourth-order valence-electron chi connectivity index (χ4n) is 3.65. The molecular formula is C18H24ClN3O2. The first-order chi connectivity index (χ1) is 11.6. The molecule has 1 saturated heterocycles. The topological polar surface area (TPSA) is 66.6 Å². The molecule has 0 spiro atoms. The van der Waals surface area contributed by atoms with Gasteiger partial charge in [0.15, 0.2) is 0 Å². The molecule has 1 aromatic rings. The van der Waals surface area contributed by atoms with Gasteiger partial charge in [0.2, 0.25) is 5.91 Å². The molecule has 0 bridgehead atoms. The van der Waals surface area contributed by atoms with Crippen LogP contribution in [0.4, 0.5) is 0 Å². The first kappa shape index (κ1) is 17.2. The highest BCUT2D eigenvalue weighted by molar-refractivity contribution is 6.30. The van der Waals surface area contributed by atoms with Crippen molar-refractivity contribution < 1.29 is 9.59 Å². The molecule has 1 aromatic carbocycles. The van der Waals surface area contributed by atoms with E-state index in [2.05, 4.69) is 0 Å². The molecule has 2 N–H and O–H groups in total. The van der Waals surface area contributed by atoms with Gasteiger partial charge >= 0.3 is 0 Å². The first-order valence-corrected chi connectivity index (χ1v) is 9.03. The van der Waals surface area contributed by atoms with E-state index < -0.39 is 0 Å². The van der Waals surface area contributed by atoms with E-state index in [-0.39, 0.29) is 23.8 Å². The molecule has 0 radical (unpaired) electrons. The Morgan fingerprint density at radius 2 is 1.62 bits per heavy atom. The fraction of sp³-hybridized carbons (Fsp3) is 0.556. The third-order valence-electron chi connectivity index (χ3n) is 5.07. The Hall–Kier alpha value is -1.59. The maximum Gasteiger partial charge on any atom is 0.253 e. The van der Waals surface area contributed by atoms with Gasteiger partial charge in [-0.1, -0.05) is 18.0 Å². The first-order valence-electron chi connectivity index (χ1n) is 8.65. The van der Waals surface area contributed by atoms with E-state index in [1.165, 1.54) is 0 Å². The van der Waals surface area contributed by atoms with Crippen molar-refractivity contribution in [3.8, 4) is 0 Å². The Morgan fingerprint density at radius 3 is 2.29 bits per heavy atom. The van der Waals surface area contributed by atoms with Gasteiger partial charge in [-0.05, 0) is 43.5 Å². The third-order valence-corrected chi connectivity index (χ3v) is 5.32. The maximum absolute atomic E-state index is 12.7. The molecule has 130 valence electrons. The zero-order chi connectivity index (χ0) is 17.1. The lowest BCUT2D eigenvalue weighted by molar-refractivity contribution is -0.135. The lowest BCUT2D eigenvalue weighted by atomic mass is 10.0. The molecule has 5 nitrogen and oxygen atoms in total. The van der Waals surface area contributed by atoms with Crippen LogP contribution in [-0.4, -0.2) is 53.8 Å². The zero-order valence-corrected chi connectivity index (χ0v) is 14.5. The number of carbonyl (C=O) groups excluding carboxylic acids is 2. The summed E-state index contributed by atoms with van der Waals surface area (Å²) >= 11 is 5.88. The number of halogens is 1. The summed E-state index contributed by atoms with van der Waals surface area (Å²) in [5.41, 5.74) is 6.70. The van der Waals surface area contributed by atoms with E-state index in [1.54, 1.807) is 24.3 Å². The number of rotatable bonds is 2. The van der Waals surface area contributed by atoms with Gasteiger partial charge < -0.3 is 15.5 Å². The molecule has 1 aliphatic heterocycles. The highest BCUT2D eigenvalue weighted by Crippen LogP contribution is 2.26. The molecule has 0 aromatic heterocycles. The maximum atomic E-state index is 12.7. The summed E-state index contributed by atoms with van der Waals surface area (Å²) in [7, 11) is 0. The average molecular weight is 350 g/mol. The molecule has 24 heavy (non-hydrogen) atoms. The molecular weight excluding hydrogens is 326 g/mol. The molecule has 2 aliphatic rings. The van der Waals surface area contributed by atoms with E-state index >= 15 is 0 Å². The van der Waals surface area contributed by atoms with Gasteiger partial charge in [-0.3, -0.25) is 9.59 Å². The van der Waals surface area contributed by atoms with E-state index in [9.17, 15) is 9.59 Å². The molecule has 1 heterocycles. The summed E-state index contributed by atoms with van der Waals surface area (Å²) in [6, 6.07) is 6.94. The van der Waals surface area contributed by atoms with Crippen LogP contribution in [0.25, 0.3) is 0 Å². The number of nitrogens with zero attached hydrogens (tertiary/aromatic N) is 2. The predicted octanol–water partition coefficient (Wildman–Crippen LogP) is 2.14. The molecule has 2 atom stereocenters. The van der Waals surface area contributed by atoms with E-state index in [4.69, 9.17) is 17.3 Å². The molecule has 0 unspecified atom stereocenters. The van der Waals surface area contributed by atoms with Gasteiger partial charge in [-0.15, -0.1) is 0 Å². The molecule has 6 heteroatoms. The number of hydrogen-bond acceptors (Lipinski definition) is 3. The lowest BCUT2D eigenvalue weighted by Gasteiger charge is -2.26. The average Bonchev–Trinajstić information content (AvgIpc) is 2.86. The van der Waals surface area contributed by atoms with Crippen LogP contribution in [0, 0.1) is 5.92 Å². The zero-order valence-electron chi connectivity index (χ0n) is 13.8. The van der Waals surface area contributed by atoms with Gasteiger partial charge in [0.25, 0.3) is 5.91 Å². The standard InChI is InChI=1S/C18H24ClN3O2/c19-14-7-5-13(6-8-14)17(23)21-9-2-10-22(12-11-21)18(24)15-3-1-4-16(15)20/h5-8,15-16H,1-4,9-12,20H2/t15-,16+/m1/s1. The molecule has 2 fully saturated rings. The number of hydrogen-bond donors (Lipinski definition) is 1. The molecule has 1 aliphatic carbocycles. The lowest BCUT2D eigenvalue weighted by Crippen LogP contribution is -2.43. The van der Waals surface area contributed by atoms with E-state index in [1.807, 2.05) is 9.80 Å². The Kier molecular flexibility index (Phi) is 5.41. The summed E-state index contributed by atoms with van der Waals surface area (Å²) in [6.45, 7) is 2.52. The van der Waals surface area contributed by atoms with Gasteiger partial charge in [0.05, 0.1) is 5.92 Å². The SMILES string of the molecule is N[C@H]1CCC[C@H]1C(=O)N1CCCN(C(=O)c2ccc(Cl)cc2)CC1. The van der Waals surface area contributed by atoms with Crippen LogP contribution in [0.2, 0.25) is 5.02 Å². The highest BCUT2D eigenvalue weighted by Gasteiger charge is 2.34. The van der Waals surface area contributed by atoms with Gasteiger partial charge in [0.1, 0.15) is 0 Å². The van der Waals surface area contributed by atoms with Gasteiger partial charge in [0, 0.05) is 42.8 Å². The number of benzene rings is 1. The quantitative estimate of drug-likeness (QED) is 0.889. The molecule has 3 rings (SSSR count). The van der Waals surface area contributed by atoms with Gasteiger partial charge in [-0.2, -0.15) is 0 Å². The van der Waals surface area contributed by atoms with E-state index in [0.29, 0.717) is 36.8 Å². The third kappa shape index (κ3) is 3.73. The fourth-order valence-corrected chi connectivity index (χ4v) is 3.77. The second-order valence-corrected chi connectivity index (χ2v) is 7.12. The van der Waals surface area contributed by atoms with Crippen LogP contribution >= 0.6 is 11.6 Å². The monoisotopic (exact) mass is 349 g/mol. The van der Waals surface area contributed by atoms with Crippen molar-refractivity contribution in [1.82, 2.24) is 9.80 Å². The highest BCUT2D eigenvalue weighted by atomic mass is 35.5. The summed E-state index contributed by atoms with van der Waals surface area (Å²) in [5, 5.41) is 0.618. The summed E-state index contributed by atoms with van der Waals surface area (Å²) in [5.74, 6) is 0.128. The second-order valence-electron chi connectivity index (χ2n) is 6.68. The molecule has 1 saturated carbocycles. The predicted molar refractivity (Wildman–Crippen MR) is 93.9 cm³/mol. The minimum atomic E-state index is -0.0384. The van der Waals surface area contributed by atoms with Crippen LogP contribution in [0.15, 0.2) is 24.3 Å². The van der Waals surface area contributed by atoms with Crippen molar-refractivity contribution in [2.75, 3.05) is 26.2 Å². The Bertz CT molecular complexity index is 605.